The Morgan fingerprint density at radius 3 is 2.89 bits per heavy atom. The van der Waals surface area contributed by atoms with Crippen molar-refractivity contribution in [3.63, 3.8) is 0 Å². The molecule has 0 fully saturated rings. The van der Waals surface area contributed by atoms with Crippen LogP contribution in [0.15, 0.2) is 30.3 Å². The standard InChI is InChI=1S/C16H17NOS/c1-2-11-8-9-13-14(10-11)19-16(17-13)15(18)12-6-4-3-5-7-12/h3-7,11H,2,8-10H2,1H3. The monoisotopic (exact) mass is 271 g/mol. The number of hydrogen-bond donors (Lipinski definition) is 0. The van der Waals surface area contributed by atoms with Gasteiger partial charge in [-0.2, -0.15) is 0 Å². The lowest BCUT2D eigenvalue weighted by Gasteiger charge is -2.18. The number of benzene rings is 1. The molecule has 1 aliphatic rings. The smallest absolute Gasteiger partial charge is 0.221 e. The zero-order valence-corrected chi connectivity index (χ0v) is 11.9. The lowest BCUT2D eigenvalue weighted by atomic mass is 9.89. The molecule has 19 heavy (non-hydrogen) atoms. The fraction of sp³-hybridized carbons (Fsp3) is 0.375. The van der Waals surface area contributed by atoms with Crippen molar-refractivity contribution in [3.8, 4) is 0 Å². The van der Waals surface area contributed by atoms with E-state index in [9.17, 15) is 4.79 Å². The predicted octanol–water partition coefficient (Wildman–Crippen LogP) is 3.89. The Bertz CT molecular complexity index is 588. The summed E-state index contributed by atoms with van der Waals surface area (Å²) in [7, 11) is 0. The zero-order chi connectivity index (χ0) is 13.2. The van der Waals surface area contributed by atoms with E-state index < -0.39 is 0 Å². The number of hydrogen-bond acceptors (Lipinski definition) is 3. The number of carbonyl (C=O) groups is 1. The van der Waals surface area contributed by atoms with E-state index in [2.05, 4.69) is 11.9 Å². The molecule has 2 nitrogen and oxygen atoms in total. The van der Waals surface area contributed by atoms with Crippen LogP contribution in [-0.2, 0) is 12.8 Å². The number of aryl methyl sites for hydroxylation is 1. The van der Waals surface area contributed by atoms with E-state index in [0.717, 1.165) is 30.0 Å². The fourth-order valence-electron chi connectivity index (χ4n) is 2.60. The summed E-state index contributed by atoms with van der Waals surface area (Å²) in [5, 5.41) is 0.660. The van der Waals surface area contributed by atoms with Crippen molar-refractivity contribution in [2.45, 2.75) is 32.6 Å². The second kappa shape index (κ2) is 5.25. The maximum atomic E-state index is 12.4. The van der Waals surface area contributed by atoms with E-state index in [4.69, 9.17) is 0 Å². The summed E-state index contributed by atoms with van der Waals surface area (Å²) in [5.41, 5.74) is 1.90. The van der Waals surface area contributed by atoms with Crippen molar-refractivity contribution in [3.05, 3.63) is 51.5 Å². The quantitative estimate of drug-likeness (QED) is 0.793. The lowest BCUT2D eigenvalue weighted by molar-refractivity contribution is 0.103. The van der Waals surface area contributed by atoms with E-state index >= 15 is 0 Å². The summed E-state index contributed by atoms with van der Waals surface area (Å²) in [6.07, 6.45) is 4.57. The second-order valence-corrected chi connectivity index (χ2v) is 6.18. The van der Waals surface area contributed by atoms with E-state index in [1.807, 2.05) is 30.3 Å². The van der Waals surface area contributed by atoms with Crippen LogP contribution >= 0.6 is 11.3 Å². The molecule has 0 spiro atoms. The van der Waals surface area contributed by atoms with Gasteiger partial charge in [-0.3, -0.25) is 4.79 Å². The molecular weight excluding hydrogens is 254 g/mol. The topological polar surface area (TPSA) is 30.0 Å². The van der Waals surface area contributed by atoms with Gasteiger partial charge in [-0.05, 0) is 25.2 Å². The highest BCUT2D eigenvalue weighted by atomic mass is 32.1. The van der Waals surface area contributed by atoms with Gasteiger partial charge in [-0.15, -0.1) is 11.3 Å². The fourth-order valence-corrected chi connectivity index (χ4v) is 3.79. The van der Waals surface area contributed by atoms with Crippen LogP contribution in [0.3, 0.4) is 0 Å². The van der Waals surface area contributed by atoms with Gasteiger partial charge in [0, 0.05) is 10.4 Å². The van der Waals surface area contributed by atoms with E-state index in [0.29, 0.717) is 5.01 Å². The third-order valence-corrected chi connectivity index (χ3v) is 4.97. The number of aromatic nitrogens is 1. The van der Waals surface area contributed by atoms with Crippen molar-refractivity contribution < 1.29 is 4.79 Å². The first-order chi connectivity index (χ1) is 9.28. The normalized spacial score (nSPS) is 18.1. The Labute approximate surface area is 117 Å². The highest BCUT2D eigenvalue weighted by Gasteiger charge is 2.23. The first-order valence-corrected chi connectivity index (χ1v) is 7.68. The van der Waals surface area contributed by atoms with Gasteiger partial charge < -0.3 is 0 Å². The van der Waals surface area contributed by atoms with E-state index in [-0.39, 0.29) is 5.78 Å². The van der Waals surface area contributed by atoms with Gasteiger partial charge in [-0.25, -0.2) is 4.98 Å². The predicted molar refractivity (Wildman–Crippen MR) is 77.8 cm³/mol. The van der Waals surface area contributed by atoms with E-state index in [1.54, 1.807) is 11.3 Å². The zero-order valence-electron chi connectivity index (χ0n) is 11.1. The Balaban J connectivity index is 1.88. The molecule has 0 bridgehead atoms. The Hall–Kier alpha value is -1.48. The molecule has 1 aromatic carbocycles. The van der Waals surface area contributed by atoms with E-state index in [1.165, 1.54) is 17.7 Å². The summed E-state index contributed by atoms with van der Waals surface area (Å²) in [4.78, 5) is 18.3. The van der Waals surface area contributed by atoms with Gasteiger partial charge in [0.15, 0.2) is 5.01 Å². The summed E-state index contributed by atoms with van der Waals surface area (Å²) in [6, 6.07) is 9.44. The van der Waals surface area contributed by atoms with Crippen LogP contribution in [0.5, 0.6) is 0 Å². The highest BCUT2D eigenvalue weighted by molar-refractivity contribution is 7.14. The van der Waals surface area contributed by atoms with Gasteiger partial charge in [0.25, 0.3) is 0 Å². The molecule has 0 saturated heterocycles. The van der Waals surface area contributed by atoms with Crippen LogP contribution in [0.2, 0.25) is 0 Å². The van der Waals surface area contributed by atoms with Crippen LogP contribution < -0.4 is 0 Å². The molecule has 0 amide bonds. The lowest BCUT2D eigenvalue weighted by Crippen LogP contribution is -2.11. The molecule has 3 rings (SSSR count). The molecule has 3 heteroatoms. The summed E-state index contributed by atoms with van der Waals surface area (Å²) in [6.45, 7) is 2.24. The molecule has 1 unspecified atom stereocenters. The van der Waals surface area contributed by atoms with Crippen LogP contribution in [-0.4, -0.2) is 10.8 Å². The third-order valence-electron chi connectivity index (χ3n) is 3.85. The number of rotatable bonds is 3. The molecule has 0 N–H and O–H groups in total. The molecule has 98 valence electrons. The molecular formula is C16H17NOS. The molecule has 1 aromatic heterocycles. The second-order valence-electron chi connectivity index (χ2n) is 5.10. The van der Waals surface area contributed by atoms with Crippen LogP contribution in [0.4, 0.5) is 0 Å². The first-order valence-electron chi connectivity index (χ1n) is 6.86. The van der Waals surface area contributed by atoms with Crippen molar-refractivity contribution >= 4 is 17.1 Å². The number of nitrogens with zero attached hydrogens (tertiary/aromatic N) is 1. The maximum absolute atomic E-state index is 12.4. The summed E-state index contributed by atoms with van der Waals surface area (Å²) < 4.78 is 0. The molecule has 1 atom stereocenters. The number of ketones is 1. The minimum absolute atomic E-state index is 0.0630. The Morgan fingerprint density at radius 1 is 1.37 bits per heavy atom. The van der Waals surface area contributed by atoms with Gasteiger partial charge in [0.1, 0.15) is 0 Å². The van der Waals surface area contributed by atoms with Gasteiger partial charge in [-0.1, -0.05) is 43.7 Å². The van der Waals surface area contributed by atoms with Gasteiger partial charge in [0.2, 0.25) is 5.78 Å². The SMILES string of the molecule is CCC1CCc2nc(C(=O)c3ccccc3)sc2C1. The van der Waals surface area contributed by atoms with Crippen LogP contribution in [0.1, 0.15) is 45.7 Å². The third kappa shape index (κ3) is 2.47. The molecule has 0 saturated carbocycles. The molecule has 1 aliphatic carbocycles. The van der Waals surface area contributed by atoms with Crippen molar-refractivity contribution in [2.75, 3.05) is 0 Å². The minimum atomic E-state index is 0.0630. The van der Waals surface area contributed by atoms with Crippen molar-refractivity contribution in [2.24, 2.45) is 5.92 Å². The van der Waals surface area contributed by atoms with Crippen molar-refractivity contribution in [1.29, 1.82) is 0 Å². The molecule has 1 heterocycles. The average Bonchev–Trinajstić information content (AvgIpc) is 2.90. The van der Waals surface area contributed by atoms with Gasteiger partial charge in [0.05, 0.1) is 5.69 Å². The average molecular weight is 271 g/mol. The first kappa shape index (κ1) is 12.5. The molecule has 0 radical (unpaired) electrons. The molecule has 2 aromatic rings. The molecule has 0 aliphatic heterocycles. The van der Waals surface area contributed by atoms with Gasteiger partial charge >= 0.3 is 0 Å². The largest absolute Gasteiger partial charge is 0.286 e. The summed E-state index contributed by atoms with van der Waals surface area (Å²) in [5.74, 6) is 0.834. The number of carbonyl (C=O) groups excluding carboxylic acids is 1. The van der Waals surface area contributed by atoms with Crippen molar-refractivity contribution in [1.82, 2.24) is 4.98 Å². The number of fused-ring (bicyclic) bond motifs is 1. The maximum Gasteiger partial charge on any atom is 0.221 e. The summed E-state index contributed by atoms with van der Waals surface area (Å²) >= 11 is 1.60. The minimum Gasteiger partial charge on any atom is -0.286 e. The van der Waals surface area contributed by atoms with Crippen LogP contribution in [0.25, 0.3) is 0 Å². The van der Waals surface area contributed by atoms with Crippen LogP contribution in [0, 0.1) is 5.92 Å². The Morgan fingerprint density at radius 2 is 2.16 bits per heavy atom. The highest BCUT2D eigenvalue weighted by Crippen LogP contribution is 2.32. The Kier molecular flexibility index (Phi) is 3.47. The number of thiazole rings is 1.